The lowest BCUT2D eigenvalue weighted by atomic mass is 9.99. The average Bonchev–Trinajstić information content (AvgIpc) is 3.42. The molecule has 1 saturated heterocycles. The molecular formula is C24H30IN5. The molecular weight excluding hydrogens is 485 g/mol. The summed E-state index contributed by atoms with van der Waals surface area (Å²) < 4.78 is 2.18. The topological polar surface area (TPSA) is 45.5 Å². The molecule has 1 aliphatic rings. The third kappa shape index (κ3) is 5.62. The molecule has 0 aliphatic carbocycles. The minimum atomic E-state index is 0. The number of hydrogen-bond donors (Lipinski definition) is 1. The Kier molecular flexibility index (Phi) is 8.30. The van der Waals surface area contributed by atoms with Crippen molar-refractivity contribution in [3.8, 4) is 0 Å². The van der Waals surface area contributed by atoms with E-state index in [0.717, 1.165) is 44.4 Å². The fraction of sp³-hybridized carbons (Fsp3) is 0.333. The standard InChI is InChI=1S/C24H29N5.HI/c1-2-25-24(29-15-13-22(19-29)21-11-7-4-8-12-21)27-17-23-26-14-16-28(23)18-20-9-5-3-6-10-20;/h3-12,14,16,22H,2,13,15,17-19H2,1H3,(H,25,27);1H. The van der Waals surface area contributed by atoms with Crippen LogP contribution < -0.4 is 5.32 Å². The molecule has 1 aliphatic heterocycles. The van der Waals surface area contributed by atoms with E-state index < -0.39 is 0 Å². The summed E-state index contributed by atoms with van der Waals surface area (Å²) in [5.41, 5.74) is 2.69. The Balaban J connectivity index is 0.00000256. The maximum Gasteiger partial charge on any atom is 0.194 e. The minimum Gasteiger partial charge on any atom is -0.357 e. The Bertz CT molecular complexity index is 923. The molecule has 30 heavy (non-hydrogen) atoms. The molecule has 1 fully saturated rings. The molecule has 2 heterocycles. The lowest BCUT2D eigenvalue weighted by molar-refractivity contribution is 0.485. The van der Waals surface area contributed by atoms with E-state index in [1.165, 1.54) is 11.1 Å². The van der Waals surface area contributed by atoms with Crippen LogP contribution in [0.1, 0.15) is 36.2 Å². The van der Waals surface area contributed by atoms with E-state index >= 15 is 0 Å². The van der Waals surface area contributed by atoms with Gasteiger partial charge in [0.1, 0.15) is 12.4 Å². The normalized spacial score (nSPS) is 16.4. The fourth-order valence-electron chi connectivity index (χ4n) is 3.94. The van der Waals surface area contributed by atoms with Crippen LogP contribution in [0.25, 0.3) is 0 Å². The first-order valence-corrected chi connectivity index (χ1v) is 10.5. The molecule has 1 unspecified atom stereocenters. The highest BCUT2D eigenvalue weighted by atomic mass is 127. The predicted molar refractivity (Wildman–Crippen MR) is 133 cm³/mol. The van der Waals surface area contributed by atoms with Gasteiger partial charge in [0.05, 0.1) is 0 Å². The van der Waals surface area contributed by atoms with Crippen LogP contribution in [0, 0.1) is 0 Å². The molecule has 0 saturated carbocycles. The van der Waals surface area contributed by atoms with E-state index in [2.05, 4.69) is 81.3 Å². The molecule has 0 bridgehead atoms. The third-order valence-electron chi connectivity index (χ3n) is 5.46. The Morgan fingerprint density at radius 2 is 1.83 bits per heavy atom. The van der Waals surface area contributed by atoms with Crippen molar-refractivity contribution in [1.82, 2.24) is 19.8 Å². The largest absolute Gasteiger partial charge is 0.357 e. The summed E-state index contributed by atoms with van der Waals surface area (Å²) in [6.45, 7) is 6.43. The van der Waals surface area contributed by atoms with E-state index in [9.17, 15) is 0 Å². The SMILES string of the molecule is CCNC(=NCc1nccn1Cc1ccccc1)N1CCC(c2ccccc2)C1.I. The van der Waals surface area contributed by atoms with Crippen LogP contribution in [-0.4, -0.2) is 40.0 Å². The summed E-state index contributed by atoms with van der Waals surface area (Å²) in [7, 11) is 0. The summed E-state index contributed by atoms with van der Waals surface area (Å²) in [6.07, 6.45) is 5.06. The van der Waals surface area contributed by atoms with Crippen LogP contribution in [-0.2, 0) is 13.1 Å². The van der Waals surface area contributed by atoms with Gasteiger partial charge in [-0.15, -0.1) is 24.0 Å². The number of imidazole rings is 1. The predicted octanol–water partition coefficient (Wildman–Crippen LogP) is 4.50. The van der Waals surface area contributed by atoms with E-state index in [4.69, 9.17) is 4.99 Å². The molecule has 4 rings (SSSR count). The summed E-state index contributed by atoms with van der Waals surface area (Å²) in [4.78, 5) is 11.8. The lowest BCUT2D eigenvalue weighted by Gasteiger charge is -2.22. The quantitative estimate of drug-likeness (QED) is 0.299. The molecule has 2 aromatic carbocycles. The van der Waals surface area contributed by atoms with Gasteiger partial charge in [-0.2, -0.15) is 0 Å². The molecule has 1 N–H and O–H groups in total. The van der Waals surface area contributed by atoms with Gasteiger partial charge >= 0.3 is 0 Å². The molecule has 0 amide bonds. The van der Waals surface area contributed by atoms with Gasteiger partial charge in [0.15, 0.2) is 5.96 Å². The van der Waals surface area contributed by atoms with Crippen LogP contribution in [0.5, 0.6) is 0 Å². The number of hydrogen-bond acceptors (Lipinski definition) is 2. The van der Waals surface area contributed by atoms with Crippen LogP contribution in [0.15, 0.2) is 78.0 Å². The Morgan fingerprint density at radius 3 is 2.57 bits per heavy atom. The smallest absolute Gasteiger partial charge is 0.194 e. The van der Waals surface area contributed by atoms with Crippen LogP contribution in [0.3, 0.4) is 0 Å². The molecule has 0 radical (unpaired) electrons. The third-order valence-corrected chi connectivity index (χ3v) is 5.46. The molecule has 0 spiro atoms. The van der Waals surface area contributed by atoms with Crippen molar-refractivity contribution in [1.29, 1.82) is 0 Å². The Morgan fingerprint density at radius 1 is 1.10 bits per heavy atom. The van der Waals surface area contributed by atoms with Crippen LogP contribution in [0.4, 0.5) is 0 Å². The number of aliphatic imine (C=N–C) groups is 1. The molecule has 158 valence electrons. The highest BCUT2D eigenvalue weighted by Gasteiger charge is 2.25. The number of guanidine groups is 1. The number of likely N-dealkylation sites (tertiary alicyclic amines) is 1. The van der Waals surface area contributed by atoms with Gasteiger partial charge in [0.25, 0.3) is 0 Å². The zero-order valence-corrected chi connectivity index (χ0v) is 19.8. The van der Waals surface area contributed by atoms with Gasteiger partial charge < -0.3 is 14.8 Å². The number of rotatable bonds is 6. The second kappa shape index (κ2) is 11.2. The van der Waals surface area contributed by atoms with Gasteiger partial charge in [0.2, 0.25) is 0 Å². The first-order valence-electron chi connectivity index (χ1n) is 10.5. The average molecular weight is 515 g/mol. The van der Waals surface area contributed by atoms with Crippen molar-refractivity contribution in [2.75, 3.05) is 19.6 Å². The highest BCUT2D eigenvalue weighted by Crippen LogP contribution is 2.27. The van der Waals surface area contributed by atoms with Crippen molar-refractivity contribution >= 4 is 29.9 Å². The van der Waals surface area contributed by atoms with Crippen molar-refractivity contribution in [2.24, 2.45) is 4.99 Å². The van der Waals surface area contributed by atoms with E-state index in [0.29, 0.717) is 12.5 Å². The van der Waals surface area contributed by atoms with Gasteiger partial charge in [-0.1, -0.05) is 60.7 Å². The molecule has 6 heteroatoms. The minimum absolute atomic E-state index is 0. The first-order chi connectivity index (χ1) is 14.3. The van der Waals surface area contributed by atoms with Gasteiger partial charge in [-0.25, -0.2) is 9.98 Å². The van der Waals surface area contributed by atoms with E-state index in [-0.39, 0.29) is 24.0 Å². The molecule has 5 nitrogen and oxygen atoms in total. The van der Waals surface area contributed by atoms with Crippen molar-refractivity contribution in [3.05, 3.63) is 90.0 Å². The van der Waals surface area contributed by atoms with Crippen molar-refractivity contribution in [2.45, 2.75) is 32.4 Å². The highest BCUT2D eigenvalue weighted by molar-refractivity contribution is 14.0. The number of benzene rings is 2. The summed E-state index contributed by atoms with van der Waals surface area (Å²) >= 11 is 0. The maximum atomic E-state index is 4.92. The van der Waals surface area contributed by atoms with E-state index in [1.54, 1.807) is 0 Å². The maximum absolute atomic E-state index is 4.92. The van der Waals surface area contributed by atoms with Gasteiger partial charge in [-0.05, 0) is 24.5 Å². The number of nitrogens with one attached hydrogen (secondary N) is 1. The number of halogens is 1. The monoisotopic (exact) mass is 515 g/mol. The zero-order chi connectivity index (χ0) is 19.9. The molecule has 1 atom stereocenters. The lowest BCUT2D eigenvalue weighted by Crippen LogP contribution is -2.40. The Labute approximate surface area is 196 Å². The second-order valence-electron chi connectivity index (χ2n) is 7.47. The number of aromatic nitrogens is 2. The van der Waals surface area contributed by atoms with Crippen LogP contribution >= 0.6 is 24.0 Å². The first kappa shape index (κ1) is 22.3. The molecule has 3 aromatic rings. The fourth-order valence-corrected chi connectivity index (χ4v) is 3.94. The van der Waals surface area contributed by atoms with Crippen molar-refractivity contribution < 1.29 is 0 Å². The summed E-state index contributed by atoms with van der Waals surface area (Å²) in [5, 5.41) is 3.47. The second-order valence-corrected chi connectivity index (χ2v) is 7.47. The van der Waals surface area contributed by atoms with Crippen LogP contribution in [0.2, 0.25) is 0 Å². The Hall–Kier alpha value is -2.35. The van der Waals surface area contributed by atoms with Crippen molar-refractivity contribution in [3.63, 3.8) is 0 Å². The van der Waals surface area contributed by atoms with Gasteiger partial charge in [-0.3, -0.25) is 0 Å². The zero-order valence-electron chi connectivity index (χ0n) is 17.4. The molecule has 1 aromatic heterocycles. The number of nitrogens with zero attached hydrogens (tertiary/aromatic N) is 4. The van der Waals surface area contributed by atoms with E-state index in [1.807, 2.05) is 18.5 Å². The summed E-state index contributed by atoms with van der Waals surface area (Å²) in [6, 6.07) is 21.3. The van der Waals surface area contributed by atoms with Gasteiger partial charge in [0, 0.05) is 44.5 Å². The summed E-state index contributed by atoms with van der Waals surface area (Å²) in [5.74, 6) is 2.54.